The molecule has 8 heteroatoms. The summed E-state index contributed by atoms with van der Waals surface area (Å²) in [5.74, 6) is 0.0486. The summed E-state index contributed by atoms with van der Waals surface area (Å²) in [5, 5.41) is 15.6. The third-order valence-electron chi connectivity index (χ3n) is 4.09. The molecule has 4 rings (SSSR count). The van der Waals surface area contributed by atoms with E-state index in [9.17, 15) is 9.90 Å². The van der Waals surface area contributed by atoms with Crippen LogP contribution < -0.4 is 10.6 Å². The molecule has 1 aromatic heterocycles. The number of hydrogen-bond donors (Lipinski definition) is 4. The van der Waals surface area contributed by atoms with Crippen LogP contribution in [0.3, 0.4) is 0 Å². The zero-order chi connectivity index (χ0) is 16.5. The maximum Gasteiger partial charge on any atom is 0.276 e. The molecule has 3 heterocycles. The zero-order valence-electron chi connectivity index (χ0n) is 12.8. The van der Waals surface area contributed by atoms with E-state index in [1.165, 1.54) is 0 Å². The summed E-state index contributed by atoms with van der Waals surface area (Å²) in [4.78, 5) is 23.6. The van der Waals surface area contributed by atoms with Gasteiger partial charge in [0.05, 0.1) is 36.1 Å². The van der Waals surface area contributed by atoms with Crippen LogP contribution in [0.1, 0.15) is 12.0 Å². The number of H-pyrrole nitrogens is 1. The zero-order valence-corrected chi connectivity index (χ0v) is 12.8. The minimum Gasteiger partial charge on any atom is -0.391 e. The van der Waals surface area contributed by atoms with E-state index in [1.807, 2.05) is 18.2 Å². The average Bonchev–Trinajstić information content (AvgIpc) is 3.16. The number of aromatic amines is 1. The van der Waals surface area contributed by atoms with E-state index in [2.05, 4.69) is 25.6 Å². The second-order valence-corrected chi connectivity index (χ2v) is 5.81. The van der Waals surface area contributed by atoms with Crippen molar-refractivity contribution in [2.24, 2.45) is 4.99 Å². The summed E-state index contributed by atoms with van der Waals surface area (Å²) in [6.45, 7) is 0.921. The number of carbonyl (C=O) groups excluding carboxylic acids is 1. The monoisotopic (exact) mass is 327 g/mol. The molecule has 2 aliphatic heterocycles. The Morgan fingerprint density at radius 2 is 2.33 bits per heavy atom. The van der Waals surface area contributed by atoms with Crippen LogP contribution >= 0.6 is 0 Å². The van der Waals surface area contributed by atoms with Crippen LogP contribution in [0.5, 0.6) is 0 Å². The second-order valence-electron chi connectivity index (χ2n) is 5.81. The number of nitrogens with one attached hydrogen (secondary N) is 3. The minimum atomic E-state index is -0.520. The number of hydrogen-bond acceptors (Lipinski definition) is 6. The summed E-state index contributed by atoms with van der Waals surface area (Å²) in [7, 11) is 0. The smallest absolute Gasteiger partial charge is 0.276 e. The van der Waals surface area contributed by atoms with Gasteiger partial charge in [-0.1, -0.05) is 6.07 Å². The summed E-state index contributed by atoms with van der Waals surface area (Å²) in [6.07, 6.45) is 3.37. The number of aliphatic imine (C=N–C) groups is 1. The number of rotatable bonds is 2. The van der Waals surface area contributed by atoms with Crippen LogP contribution in [-0.4, -0.2) is 52.3 Å². The van der Waals surface area contributed by atoms with Crippen molar-refractivity contribution in [1.82, 2.24) is 20.6 Å². The van der Waals surface area contributed by atoms with Crippen LogP contribution in [0.2, 0.25) is 0 Å². The van der Waals surface area contributed by atoms with Crippen molar-refractivity contribution in [3.63, 3.8) is 0 Å². The first-order valence-electron chi connectivity index (χ1n) is 7.76. The fraction of sp³-hybridized carbons (Fsp3) is 0.312. The minimum absolute atomic E-state index is 0.280. The van der Waals surface area contributed by atoms with Crippen molar-refractivity contribution in [1.29, 1.82) is 0 Å². The first kappa shape index (κ1) is 14.9. The van der Waals surface area contributed by atoms with E-state index in [0.29, 0.717) is 31.3 Å². The molecule has 124 valence electrons. The highest BCUT2D eigenvalue weighted by molar-refractivity contribution is 6.13. The molecule has 2 aromatic rings. The maximum atomic E-state index is 12.1. The van der Waals surface area contributed by atoms with E-state index < -0.39 is 6.10 Å². The number of nitrogens with zero attached hydrogens (tertiary/aromatic N) is 2. The number of imidazole rings is 1. The molecule has 24 heavy (non-hydrogen) atoms. The Morgan fingerprint density at radius 3 is 3.21 bits per heavy atom. The SMILES string of the molecule is O=C1NC(N[C@H]2COCC[C@@H]2O)=N/C1=C\c1ccc2[nH]cnc2c1. The molecular weight excluding hydrogens is 310 g/mol. The number of aliphatic hydroxyl groups is 1. The molecule has 4 N–H and O–H groups in total. The standard InChI is InChI=1S/C16H17N5O3/c22-14-3-4-24-7-13(14)20-16-19-12(15(23)21-16)6-9-1-2-10-11(5-9)18-8-17-10/h1-2,5-6,8,13-14,22H,3-4,7H2,(H,17,18)(H2,19,20,21,23)/b12-6-/t13-,14-/m0/s1. The van der Waals surface area contributed by atoms with Gasteiger partial charge >= 0.3 is 0 Å². The number of aromatic nitrogens is 2. The van der Waals surface area contributed by atoms with Gasteiger partial charge in [-0.3, -0.25) is 10.1 Å². The lowest BCUT2D eigenvalue weighted by Gasteiger charge is -2.28. The fourth-order valence-corrected chi connectivity index (χ4v) is 2.77. The second kappa shape index (κ2) is 6.06. The number of benzene rings is 1. The van der Waals surface area contributed by atoms with Crippen molar-refractivity contribution < 1.29 is 14.6 Å². The van der Waals surface area contributed by atoms with Gasteiger partial charge in [0.25, 0.3) is 5.91 Å². The van der Waals surface area contributed by atoms with Crippen LogP contribution in [-0.2, 0) is 9.53 Å². The van der Waals surface area contributed by atoms with E-state index in [4.69, 9.17) is 4.74 Å². The van der Waals surface area contributed by atoms with Crippen molar-refractivity contribution in [2.75, 3.05) is 13.2 Å². The number of aliphatic hydroxyl groups excluding tert-OH is 1. The maximum absolute atomic E-state index is 12.1. The predicted molar refractivity (Wildman–Crippen MR) is 88.0 cm³/mol. The van der Waals surface area contributed by atoms with Crippen LogP contribution in [0, 0.1) is 0 Å². The first-order chi connectivity index (χ1) is 11.7. The van der Waals surface area contributed by atoms with Gasteiger partial charge in [0, 0.05) is 6.61 Å². The molecule has 8 nitrogen and oxygen atoms in total. The van der Waals surface area contributed by atoms with Gasteiger partial charge in [-0.25, -0.2) is 9.98 Å². The van der Waals surface area contributed by atoms with Crippen molar-refractivity contribution in [3.05, 3.63) is 35.8 Å². The molecule has 0 saturated carbocycles. The largest absolute Gasteiger partial charge is 0.391 e. The average molecular weight is 327 g/mol. The van der Waals surface area contributed by atoms with Gasteiger partial charge in [0.15, 0.2) is 0 Å². The topological polar surface area (TPSA) is 112 Å². The van der Waals surface area contributed by atoms with Crippen LogP contribution in [0.4, 0.5) is 0 Å². The Morgan fingerprint density at radius 1 is 1.42 bits per heavy atom. The Hall–Kier alpha value is -2.71. The highest BCUT2D eigenvalue weighted by Gasteiger charge is 2.28. The normalized spacial score (nSPS) is 25.8. The molecule has 0 unspecified atom stereocenters. The van der Waals surface area contributed by atoms with E-state index in [1.54, 1.807) is 12.4 Å². The van der Waals surface area contributed by atoms with E-state index in [0.717, 1.165) is 16.6 Å². The van der Waals surface area contributed by atoms with Crippen molar-refractivity contribution in [3.8, 4) is 0 Å². The highest BCUT2D eigenvalue weighted by Crippen LogP contribution is 2.17. The van der Waals surface area contributed by atoms with Gasteiger partial charge in [0.2, 0.25) is 5.96 Å². The molecule has 2 atom stereocenters. The molecule has 0 bridgehead atoms. The molecule has 1 saturated heterocycles. The predicted octanol–water partition coefficient (Wildman–Crippen LogP) is 0.129. The molecular formula is C16H17N5O3. The lowest BCUT2D eigenvalue weighted by atomic mass is 10.1. The lowest BCUT2D eigenvalue weighted by Crippen LogP contribution is -2.52. The van der Waals surface area contributed by atoms with Gasteiger partial charge in [-0.05, 0) is 30.2 Å². The Balaban J connectivity index is 1.54. The quantitative estimate of drug-likeness (QED) is 0.586. The number of guanidine groups is 1. The third kappa shape index (κ3) is 2.89. The Kier molecular flexibility index (Phi) is 3.75. The molecule has 2 aliphatic rings. The fourth-order valence-electron chi connectivity index (χ4n) is 2.77. The summed E-state index contributed by atoms with van der Waals surface area (Å²) >= 11 is 0. The van der Waals surface area contributed by atoms with Crippen molar-refractivity contribution >= 4 is 29.0 Å². The summed E-state index contributed by atoms with van der Waals surface area (Å²) < 4.78 is 5.33. The van der Waals surface area contributed by atoms with Gasteiger partial charge < -0.3 is 20.1 Å². The third-order valence-corrected chi connectivity index (χ3v) is 4.09. The van der Waals surface area contributed by atoms with Crippen LogP contribution in [0.25, 0.3) is 17.1 Å². The van der Waals surface area contributed by atoms with Gasteiger partial charge in [-0.2, -0.15) is 0 Å². The molecule has 1 amide bonds. The summed E-state index contributed by atoms with van der Waals surface area (Å²) in [5.41, 5.74) is 2.90. The van der Waals surface area contributed by atoms with Crippen molar-refractivity contribution in [2.45, 2.75) is 18.6 Å². The number of ether oxygens (including phenoxy) is 1. The van der Waals surface area contributed by atoms with Crippen LogP contribution in [0.15, 0.2) is 35.2 Å². The molecule has 0 aliphatic carbocycles. The molecule has 0 spiro atoms. The summed E-state index contributed by atoms with van der Waals surface area (Å²) in [6, 6.07) is 5.39. The number of fused-ring (bicyclic) bond motifs is 1. The van der Waals surface area contributed by atoms with E-state index in [-0.39, 0.29) is 11.9 Å². The number of amides is 1. The highest BCUT2D eigenvalue weighted by atomic mass is 16.5. The molecule has 1 aromatic carbocycles. The van der Waals surface area contributed by atoms with Gasteiger partial charge in [0.1, 0.15) is 5.70 Å². The Labute approximate surface area is 137 Å². The van der Waals surface area contributed by atoms with E-state index >= 15 is 0 Å². The molecule has 1 fully saturated rings. The Bertz CT molecular complexity index is 841. The lowest BCUT2D eigenvalue weighted by molar-refractivity contribution is -0.115. The first-order valence-corrected chi connectivity index (χ1v) is 7.76. The van der Waals surface area contributed by atoms with Gasteiger partial charge in [-0.15, -0.1) is 0 Å². The molecule has 0 radical (unpaired) electrons. The number of carbonyl (C=O) groups is 1.